The van der Waals surface area contributed by atoms with Crippen molar-refractivity contribution in [3.63, 3.8) is 0 Å². The highest BCUT2D eigenvalue weighted by atomic mass is 14.8. The van der Waals surface area contributed by atoms with Gasteiger partial charge in [0.15, 0.2) is 0 Å². The van der Waals surface area contributed by atoms with Crippen molar-refractivity contribution in [2.24, 2.45) is 0 Å². The van der Waals surface area contributed by atoms with Gasteiger partial charge in [-0.05, 0) is 43.1 Å². The zero-order chi connectivity index (χ0) is 19.6. The van der Waals surface area contributed by atoms with E-state index in [1.165, 1.54) is 31.4 Å². The fourth-order valence-electron chi connectivity index (χ4n) is 1.97. The van der Waals surface area contributed by atoms with E-state index in [-0.39, 0.29) is 5.41 Å². The predicted octanol–water partition coefficient (Wildman–Crippen LogP) is 6.06. The smallest absolute Gasteiger partial charge is 0.0396 e. The number of nitrogens with two attached hydrogens (primary N) is 1. The summed E-state index contributed by atoms with van der Waals surface area (Å²) in [5.41, 5.74) is 9.08. The van der Waals surface area contributed by atoms with E-state index < -0.39 is 0 Å². The molecule has 4 N–H and O–H groups in total. The molecular weight excluding hydrogens is 294 g/mol. The lowest BCUT2D eigenvalue weighted by Crippen LogP contribution is -2.13. The number of benzene rings is 1. The van der Waals surface area contributed by atoms with Crippen LogP contribution in [0.3, 0.4) is 0 Å². The van der Waals surface area contributed by atoms with E-state index in [2.05, 4.69) is 44.4 Å². The van der Waals surface area contributed by atoms with E-state index in [0.29, 0.717) is 0 Å². The number of anilines is 2. The number of hydrogen-bond donors (Lipinski definition) is 3. The van der Waals surface area contributed by atoms with E-state index in [1.54, 1.807) is 0 Å². The third-order valence-corrected chi connectivity index (χ3v) is 3.15. The Morgan fingerprint density at radius 1 is 0.958 bits per heavy atom. The van der Waals surface area contributed by atoms with Gasteiger partial charge in [-0.1, -0.05) is 74.3 Å². The summed E-state index contributed by atoms with van der Waals surface area (Å²) in [7, 11) is 3.92. The van der Waals surface area contributed by atoms with Crippen molar-refractivity contribution in [3.8, 4) is 0 Å². The van der Waals surface area contributed by atoms with Crippen LogP contribution in [0.25, 0.3) is 0 Å². The zero-order valence-corrected chi connectivity index (χ0v) is 18.1. The highest BCUT2D eigenvalue weighted by Crippen LogP contribution is 2.30. The minimum Gasteiger partial charge on any atom is -0.399 e. The molecule has 0 aliphatic carbocycles. The summed E-state index contributed by atoms with van der Waals surface area (Å²) in [4.78, 5) is 0. The van der Waals surface area contributed by atoms with Gasteiger partial charge in [0, 0.05) is 18.4 Å². The molecule has 1 aromatic rings. The van der Waals surface area contributed by atoms with Crippen LogP contribution in [0, 0.1) is 0 Å². The molecule has 0 aromatic heterocycles. The predicted molar refractivity (Wildman–Crippen MR) is 115 cm³/mol. The zero-order valence-electron chi connectivity index (χ0n) is 18.1. The Morgan fingerprint density at radius 3 is 1.88 bits per heavy atom. The molecule has 24 heavy (non-hydrogen) atoms. The molecule has 0 spiro atoms. The first-order valence-corrected chi connectivity index (χ1v) is 9.59. The van der Waals surface area contributed by atoms with Gasteiger partial charge in [0.2, 0.25) is 0 Å². The van der Waals surface area contributed by atoms with Crippen LogP contribution < -0.4 is 16.4 Å². The van der Waals surface area contributed by atoms with Gasteiger partial charge in [0.05, 0.1) is 0 Å². The average molecular weight is 340 g/mol. The van der Waals surface area contributed by atoms with E-state index in [9.17, 15) is 0 Å². The fraction of sp³-hybridized carbons (Fsp3) is 0.714. The molecule has 3 heteroatoms. The fourth-order valence-corrected chi connectivity index (χ4v) is 1.97. The third-order valence-electron chi connectivity index (χ3n) is 3.15. The SMILES string of the molecule is CC.CC.CCCCCNC.CNc1cc(N)ccc1C(C)(C)C. The van der Waals surface area contributed by atoms with Crippen molar-refractivity contribution in [1.29, 1.82) is 0 Å². The van der Waals surface area contributed by atoms with Gasteiger partial charge in [0.25, 0.3) is 0 Å². The standard InChI is InChI=1S/C11H18N2.C6H15N.2C2H6/c1-11(2,3)9-6-5-8(12)7-10(9)13-4;1-3-4-5-6-7-2;2*1-2/h5-7,13H,12H2,1-4H3;7H,3-6H2,1-2H3;2*1-2H3. The lowest BCUT2D eigenvalue weighted by Gasteiger charge is -2.22. The van der Waals surface area contributed by atoms with E-state index in [4.69, 9.17) is 5.73 Å². The maximum Gasteiger partial charge on any atom is 0.0396 e. The molecule has 144 valence electrons. The Labute approximate surface area is 152 Å². The molecule has 0 aliphatic rings. The second-order valence-electron chi connectivity index (χ2n) is 6.12. The Kier molecular flexibility index (Phi) is 20.9. The van der Waals surface area contributed by atoms with Gasteiger partial charge in [-0.2, -0.15) is 0 Å². The second kappa shape index (κ2) is 18.1. The molecule has 0 unspecified atom stereocenters. The van der Waals surface area contributed by atoms with Crippen LogP contribution in [0.15, 0.2) is 18.2 Å². The monoisotopic (exact) mass is 339 g/mol. The Balaban J connectivity index is -0.000000341. The van der Waals surface area contributed by atoms with Crippen molar-refractivity contribution in [3.05, 3.63) is 23.8 Å². The molecule has 3 nitrogen and oxygen atoms in total. The van der Waals surface area contributed by atoms with Crippen LogP contribution >= 0.6 is 0 Å². The van der Waals surface area contributed by atoms with Crippen molar-refractivity contribution in [2.45, 2.75) is 80.1 Å². The summed E-state index contributed by atoms with van der Waals surface area (Å²) in [5, 5.41) is 6.27. The first-order chi connectivity index (χ1) is 11.4. The number of rotatable bonds is 5. The van der Waals surface area contributed by atoms with Crippen LogP contribution in [0.5, 0.6) is 0 Å². The lowest BCUT2D eigenvalue weighted by molar-refractivity contribution is 0.592. The lowest BCUT2D eigenvalue weighted by atomic mass is 9.85. The molecule has 0 saturated heterocycles. The van der Waals surface area contributed by atoms with E-state index >= 15 is 0 Å². The van der Waals surface area contributed by atoms with Crippen molar-refractivity contribution >= 4 is 11.4 Å². The Morgan fingerprint density at radius 2 is 1.50 bits per heavy atom. The van der Waals surface area contributed by atoms with Crippen LogP contribution in [-0.4, -0.2) is 20.6 Å². The van der Waals surface area contributed by atoms with Gasteiger partial charge < -0.3 is 16.4 Å². The molecule has 1 aromatic carbocycles. The Bertz CT molecular complexity index is 364. The number of unbranched alkanes of at least 4 members (excludes halogenated alkanes) is 2. The minimum absolute atomic E-state index is 0.159. The summed E-state index contributed by atoms with van der Waals surface area (Å²) < 4.78 is 0. The number of nitrogens with one attached hydrogen (secondary N) is 2. The maximum absolute atomic E-state index is 5.71. The van der Waals surface area contributed by atoms with E-state index in [1.807, 2.05) is 53.9 Å². The average Bonchev–Trinajstić information content (AvgIpc) is 2.58. The molecule has 0 atom stereocenters. The molecular formula is C21H45N3. The number of hydrogen-bond acceptors (Lipinski definition) is 3. The number of nitrogen functional groups attached to an aromatic ring is 1. The Hall–Kier alpha value is -1.22. The molecule has 0 fully saturated rings. The van der Waals surface area contributed by atoms with Gasteiger partial charge in [-0.15, -0.1) is 0 Å². The normalized spacial score (nSPS) is 9.42. The molecule has 0 saturated carbocycles. The molecule has 0 bridgehead atoms. The third kappa shape index (κ3) is 14.4. The molecule has 0 radical (unpaired) electrons. The van der Waals surface area contributed by atoms with E-state index in [0.717, 1.165) is 11.4 Å². The summed E-state index contributed by atoms with van der Waals surface area (Å²) in [5.74, 6) is 0. The van der Waals surface area contributed by atoms with Gasteiger partial charge in [0.1, 0.15) is 0 Å². The molecule has 1 rings (SSSR count). The van der Waals surface area contributed by atoms with Gasteiger partial charge in [-0.3, -0.25) is 0 Å². The highest BCUT2D eigenvalue weighted by Gasteiger charge is 2.16. The summed E-state index contributed by atoms with van der Waals surface area (Å²) >= 11 is 0. The van der Waals surface area contributed by atoms with Crippen LogP contribution in [0.1, 0.15) is 80.2 Å². The van der Waals surface area contributed by atoms with Crippen molar-refractivity contribution in [1.82, 2.24) is 5.32 Å². The van der Waals surface area contributed by atoms with Crippen molar-refractivity contribution in [2.75, 3.05) is 31.7 Å². The topological polar surface area (TPSA) is 50.1 Å². The first-order valence-electron chi connectivity index (χ1n) is 9.59. The van der Waals surface area contributed by atoms with Crippen LogP contribution in [0.2, 0.25) is 0 Å². The van der Waals surface area contributed by atoms with Gasteiger partial charge in [-0.25, -0.2) is 0 Å². The largest absolute Gasteiger partial charge is 0.399 e. The van der Waals surface area contributed by atoms with Crippen molar-refractivity contribution < 1.29 is 0 Å². The van der Waals surface area contributed by atoms with Crippen LogP contribution in [0.4, 0.5) is 11.4 Å². The minimum atomic E-state index is 0.159. The maximum atomic E-state index is 5.71. The summed E-state index contributed by atoms with van der Waals surface area (Å²) in [6, 6.07) is 6.00. The van der Waals surface area contributed by atoms with Gasteiger partial charge >= 0.3 is 0 Å². The molecule has 0 heterocycles. The first kappa shape index (κ1) is 27.6. The highest BCUT2D eigenvalue weighted by molar-refractivity contribution is 5.61. The summed E-state index contributed by atoms with van der Waals surface area (Å²) in [6.07, 6.45) is 4.01. The molecule has 0 aliphatic heterocycles. The molecule has 0 amide bonds. The second-order valence-corrected chi connectivity index (χ2v) is 6.12. The van der Waals surface area contributed by atoms with Crippen LogP contribution in [-0.2, 0) is 5.41 Å². The quantitative estimate of drug-likeness (QED) is 0.451. The summed E-state index contributed by atoms with van der Waals surface area (Å²) in [6.45, 7) is 18.0.